The summed E-state index contributed by atoms with van der Waals surface area (Å²) >= 11 is 11.9. The summed E-state index contributed by atoms with van der Waals surface area (Å²) in [5, 5.41) is 6.20. The van der Waals surface area contributed by atoms with Crippen LogP contribution in [0.2, 0.25) is 10.0 Å². The molecule has 2 amide bonds. The molecule has 0 fully saturated rings. The molecule has 1 aromatic rings. The molecule has 0 aliphatic rings. The fourth-order valence-electron chi connectivity index (χ4n) is 1.52. The quantitative estimate of drug-likeness (QED) is 0.843. The third kappa shape index (κ3) is 5.00. The van der Waals surface area contributed by atoms with Gasteiger partial charge in [-0.15, -0.1) is 0 Å². The molecule has 0 spiro atoms. The molecule has 0 radical (unpaired) electrons. The van der Waals surface area contributed by atoms with E-state index in [-0.39, 0.29) is 18.4 Å². The van der Waals surface area contributed by atoms with Crippen molar-refractivity contribution in [3.63, 3.8) is 0 Å². The van der Waals surface area contributed by atoms with Crippen LogP contribution >= 0.6 is 23.2 Å². The molecular weight excluding hydrogens is 301 g/mol. The van der Waals surface area contributed by atoms with Crippen molar-refractivity contribution in [2.75, 3.05) is 32.5 Å². The van der Waals surface area contributed by atoms with E-state index in [1.54, 1.807) is 32.3 Å². The van der Waals surface area contributed by atoms with E-state index in [1.165, 1.54) is 4.90 Å². The van der Waals surface area contributed by atoms with Gasteiger partial charge in [0.25, 0.3) is 0 Å². The van der Waals surface area contributed by atoms with Gasteiger partial charge in [-0.2, -0.15) is 0 Å². The number of halogens is 2. The lowest BCUT2D eigenvalue weighted by molar-refractivity contribution is -0.133. The fourth-order valence-corrected chi connectivity index (χ4v) is 2.01. The van der Waals surface area contributed by atoms with Crippen LogP contribution in [0.3, 0.4) is 0 Å². The van der Waals surface area contributed by atoms with Gasteiger partial charge < -0.3 is 15.5 Å². The first kappa shape index (κ1) is 16.8. The second-order valence-electron chi connectivity index (χ2n) is 4.25. The standard InChI is InChI=1S/C13H17Cl2N3O2/c1-16-7-6-12(20)18(2)8-11(19)17-13-9(14)4-3-5-10(13)15/h3-5,16H,6-8H2,1-2H3,(H,17,19). The molecule has 0 atom stereocenters. The van der Waals surface area contributed by atoms with Crippen LogP contribution in [-0.2, 0) is 9.59 Å². The van der Waals surface area contributed by atoms with Crippen LogP contribution in [0.25, 0.3) is 0 Å². The first-order valence-corrected chi connectivity index (χ1v) is 6.83. The van der Waals surface area contributed by atoms with E-state index in [0.717, 1.165) is 0 Å². The number of hydrogen-bond donors (Lipinski definition) is 2. The molecule has 0 unspecified atom stereocenters. The first-order valence-electron chi connectivity index (χ1n) is 6.08. The fraction of sp³-hybridized carbons (Fsp3) is 0.385. The Hall–Kier alpha value is -1.30. The summed E-state index contributed by atoms with van der Waals surface area (Å²) in [6.07, 6.45) is 0.340. The number of rotatable bonds is 6. The van der Waals surface area contributed by atoms with Gasteiger partial charge in [-0.3, -0.25) is 9.59 Å². The molecule has 0 heterocycles. The lowest BCUT2D eigenvalue weighted by Crippen LogP contribution is -2.36. The first-order chi connectivity index (χ1) is 9.45. The van der Waals surface area contributed by atoms with Gasteiger partial charge in [0.1, 0.15) is 0 Å². The monoisotopic (exact) mass is 317 g/mol. The van der Waals surface area contributed by atoms with Crippen molar-refractivity contribution in [1.82, 2.24) is 10.2 Å². The Morgan fingerprint density at radius 2 is 1.85 bits per heavy atom. The topological polar surface area (TPSA) is 61.4 Å². The number of nitrogens with one attached hydrogen (secondary N) is 2. The summed E-state index contributed by atoms with van der Waals surface area (Å²) in [5.74, 6) is -0.458. The van der Waals surface area contributed by atoms with Crippen LogP contribution in [0, 0.1) is 0 Å². The van der Waals surface area contributed by atoms with Crippen molar-refractivity contribution in [3.8, 4) is 0 Å². The van der Waals surface area contributed by atoms with Crippen molar-refractivity contribution in [2.45, 2.75) is 6.42 Å². The number of nitrogens with zero attached hydrogens (tertiary/aromatic N) is 1. The number of likely N-dealkylation sites (N-methyl/N-ethyl adjacent to an activating group) is 1. The van der Waals surface area contributed by atoms with Gasteiger partial charge in [0, 0.05) is 20.0 Å². The van der Waals surface area contributed by atoms with Crippen LogP contribution < -0.4 is 10.6 Å². The van der Waals surface area contributed by atoms with Crippen LogP contribution in [0.1, 0.15) is 6.42 Å². The second kappa shape index (κ2) is 8.09. The second-order valence-corrected chi connectivity index (χ2v) is 5.06. The Kier molecular flexibility index (Phi) is 6.78. The Bertz CT molecular complexity index is 474. The summed E-state index contributed by atoms with van der Waals surface area (Å²) in [6, 6.07) is 4.95. The number of carbonyl (C=O) groups excluding carboxylic acids is 2. The van der Waals surface area contributed by atoms with E-state index in [1.807, 2.05) is 0 Å². The van der Waals surface area contributed by atoms with Crippen molar-refractivity contribution in [2.24, 2.45) is 0 Å². The van der Waals surface area contributed by atoms with Crippen LogP contribution in [0.5, 0.6) is 0 Å². The Morgan fingerprint density at radius 1 is 1.25 bits per heavy atom. The molecule has 0 saturated carbocycles. The Labute approximate surface area is 128 Å². The smallest absolute Gasteiger partial charge is 0.244 e. The Morgan fingerprint density at radius 3 is 2.40 bits per heavy atom. The molecule has 0 aromatic heterocycles. The van der Waals surface area contributed by atoms with Crippen molar-refractivity contribution in [3.05, 3.63) is 28.2 Å². The van der Waals surface area contributed by atoms with E-state index in [9.17, 15) is 9.59 Å². The maximum atomic E-state index is 11.9. The molecule has 1 rings (SSSR count). The molecule has 5 nitrogen and oxygen atoms in total. The number of para-hydroxylation sites is 1. The summed E-state index contributed by atoms with van der Waals surface area (Å²) in [6.45, 7) is 0.519. The van der Waals surface area contributed by atoms with E-state index in [4.69, 9.17) is 23.2 Å². The maximum Gasteiger partial charge on any atom is 0.244 e. The average Bonchev–Trinajstić information content (AvgIpc) is 2.40. The molecule has 0 saturated heterocycles. The molecule has 2 N–H and O–H groups in total. The third-order valence-corrected chi connectivity index (χ3v) is 3.25. The van der Waals surface area contributed by atoms with E-state index < -0.39 is 0 Å². The van der Waals surface area contributed by atoms with Gasteiger partial charge in [0.05, 0.1) is 22.3 Å². The summed E-state index contributed by atoms with van der Waals surface area (Å²) in [4.78, 5) is 24.9. The molecule has 0 aliphatic heterocycles. The highest BCUT2D eigenvalue weighted by Gasteiger charge is 2.14. The summed E-state index contributed by atoms with van der Waals surface area (Å²) in [7, 11) is 3.34. The number of benzene rings is 1. The minimum absolute atomic E-state index is 0.0515. The zero-order valence-electron chi connectivity index (χ0n) is 11.4. The van der Waals surface area contributed by atoms with Gasteiger partial charge in [-0.1, -0.05) is 29.3 Å². The van der Waals surface area contributed by atoms with Crippen LogP contribution in [-0.4, -0.2) is 43.9 Å². The molecule has 20 heavy (non-hydrogen) atoms. The van der Waals surface area contributed by atoms with Gasteiger partial charge in [-0.05, 0) is 19.2 Å². The van der Waals surface area contributed by atoms with E-state index in [0.29, 0.717) is 28.7 Å². The van der Waals surface area contributed by atoms with Crippen LogP contribution in [0.15, 0.2) is 18.2 Å². The van der Waals surface area contributed by atoms with E-state index in [2.05, 4.69) is 10.6 Å². The SMILES string of the molecule is CNCCC(=O)N(C)CC(=O)Nc1c(Cl)cccc1Cl. The largest absolute Gasteiger partial charge is 0.336 e. The van der Waals surface area contributed by atoms with Gasteiger partial charge in [-0.25, -0.2) is 0 Å². The number of anilines is 1. The predicted octanol–water partition coefficient (Wildman–Crippen LogP) is 2.00. The lowest BCUT2D eigenvalue weighted by Gasteiger charge is -2.17. The highest BCUT2D eigenvalue weighted by atomic mass is 35.5. The lowest BCUT2D eigenvalue weighted by atomic mass is 10.3. The number of amides is 2. The maximum absolute atomic E-state index is 11.9. The zero-order valence-corrected chi connectivity index (χ0v) is 12.9. The van der Waals surface area contributed by atoms with Crippen LogP contribution in [0.4, 0.5) is 5.69 Å². The highest BCUT2D eigenvalue weighted by Crippen LogP contribution is 2.29. The van der Waals surface area contributed by atoms with Crippen molar-refractivity contribution >= 4 is 40.7 Å². The predicted molar refractivity (Wildman–Crippen MR) is 81.3 cm³/mol. The normalized spacial score (nSPS) is 10.2. The molecular formula is C13H17Cl2N3O2. The highest BCUT2D eigenvalue weighted by molar-refractivity contribution is 6.39. The molecule has 7 heteroatoms. The molecule has 0 aliphatic carbocycles. The van der Waals surface area contributed by atoms with Gasteiger partial charge in [0.15, 0.2) is 0 Å². The van der Waals surface area contributed by atoms with Crippen molar-refractivity contribution in [1.29, 1.82) is 0 Å². The Balaban J connectivity index is 2.57. The minimum atomic E-state index is -0.347. The number of carbonyl (C=O) groups is 2. The summed E-state index contributed by atoms with van der Waals surface area (Å²) < 4.78 is 0. The van der Waals surface area contributed by atoms with Gasteiger partial charge in [0.2, 0.25) is 11.8 Å². The zero-order chi connectivity index (χ0) is 15.1. The molecule has 0 bridgehead atoms. The average molecular weight is 318 g/mol. The van der Waals surface area contributed by atoms with E-state index >= 15 is 0 Å². The molecule has 110 valence electrons. The summed E-state index contributed by atoms with van der Waals surface area (Å²) in [5.41, 5.74) is 0.358. The molecule has 1 aromatic carbocycles. The van der Waals surface area contributed by atoms with Gasteiger partial charge >= 0.3 is 0 Å². The minimum Gasteiger partial charge on any atom is -0.336 e. The van der Waals surface area contributed by atoms with Crippen molar-refractivity contribution < 1.29 is 9.59 Å². The third-order valence-electron chi connectivity index (χ3n) is 2.62. The number of hydrogen-bond acceptors (Lipinski definition) is 3.